The molecule has 5 heterocycles. The topological polar surface area (TPSA) is 179 Å². The van der Waals surface area contributed by atoms with Crippen LogP contribution in [0.3, 0.4) is 0 Å². The van der Waals surface area contributed by atoms with Crippen LogP contribution in [0.5, 0.6) is 0 Å². The summed E-state index contributed by atoms with van der Waals surface area (Å²) in [6.07, 6.45) is 1.53. The van der Waals surface area contributed by atoms with Crippen molar-refractivity contribution in [1.29, 1.82) is 0 Å². The van der Waals surface area contributed by atoms with Gasteiger partial charge < -0.3 is 19.7 Å². The van der Waals surface area contributed by atoms with Crippen LogP contribution in [0.15, 0.2) is 50.7 Å². The molecular weight excluding hydrogens is 537 g/mol. The molecule has 0 aromatic carbocycles. The molecule has 5 rings (SSSR count). The number of imidazole rings is 1. The Bertz CT molecular complexity index is 1800. The van der Waals surface area contributed by atoms with Crippen LogP contribution in [-0.4, -0.2) is 57.3 Å². The fourth-order valence-electron chi connectivity index (χ4n) is 4.07. The molecule has 14 nitrogen and oxygen atoms in total. The van der Waals surface area contributed by atoms with Crippen molar-refractivity contribution in [3.05, 3.63) is 74.8 Å². The number of alkyl halides is 3. The Morgan fingerprint density at radius 2 is 2.02 bits per heavy atom. The van der Waals surface area contributed by atoms with Crippen molar-refractivity contribution in [2.45, 2.75) is 45.6 Å². The van der Waals surface area contributed by atoms with Gasteiger partial charge in [0.25, 0.3) is 5.56 Å². The molecule has 0 radical (unpaired) electrons. The van der Waals surface area contributed by atoms with Gasteiger partial charge in [0.1, 0.15) is 12.6 Å². The SMILES string of the molecule is Cc1noc(Cn2c(=O)[nH]c3ncn([C@@H](C)C(=O)Nc4cncc(C5=CNC(C)C(C(F)(F)F)=C5)n4)c3c2=O)n1. The number of aromatic nitrogens is 8. The van der Waals surface area contributed by atoms with Gasteiger partial charge in [0.05, 0.1) is 36.0 Å². The van der Waals surface area contributed by atoms with Crippen LogP contribution in [0.4, 0.5) is 19.0 Å². The number of fused-ring (bicyclic) bond motifs is 1. The predicted molar refractivity (Wildman–Crippen MR) is 133 cm³/mol. The van der Waals surface area contributed by atoms with Gasteiger partial charge in [0, 0.05) is 11.8 Å². The lowest BCUT2D eigenvalue weighted by molar-refractivity contribution is -0.118. The molecule has 3 N–H and O–H groups in total. The van der Waals surface area contributed by atoms with Gasteiger partial charge in [-0.2, -0.15) is 18.2 Å². The Morgan fingerprint density at radius 1 is 1.25 bits per heavy atom. The molecule has 1 aliphatic heterocycles. The van der Waals surface area contributed by atoms with Gasteiger partial charge in [0.2, 0.25) is 11.8 Å². The highest BCUT2D eigenvalue weighted by molar-refractivity contribution is 5.93. The van der Waals surface area contributed by atoms with Crippen molar-refractivity contribution in [3.8, 4) is 0 Å². The van der Waals surface area contributed by atoms with E-state index in [0.29, 0.717) is 5.82 Å². The number of anilines is 1. The normalized spacial score (nSPS) is 16.3. The van der Waals surface area contributed by atoms with Gasteiger partial charge in [-0.25, -0.2) is 19.3 Å². The van der Waals surface area contributed by atoms with Gasteiger partial charge >= 0.3 is 11.9 Å². The lowest BCUT2D eigenvalue weighted by Crippen LogP contribution is -2.37. The number of carbonyl (C=O) groups is 1. The Hall–Kier alpha value is -5.09. The number of halogens is 3. The molecule has 1 unspecified atom stereocenters. The van der Waals surface area contributed by atoms with Crippen LogP contribution in [-0.2, 0) is 11.3 Å². The summed E-state index contributed by atoms with van der Waals surface area (Å²) in [5.41, 5.74) is -2.15. The summed E-state index contributed by atoms with van der Waals surface area (Å²) >= 11 is 0. The molecule has 208 valence electrons. The number of nitrogens with one attached hydrogen (secondary N) is 3. The summed E-state index contributed by atoms with van der Waals surface area (Å²) in [6, 6.07) is -1.97. The number of aryl methyl sites for hydroxylation is 1. The van der Waals surface area contributed by atoms with E-state index in [4.69, 9.17) is 4.52 Å². The average Bonchev–Trinajstić information content (AvgIpc) is 3.51. The number of H-pyrrole nitrogens is 1. The molecular formula is C23H21F3N10O4. The summed E-state index contributed by atoms with van der Waals surface area (Å²) in [5, 5.41) is 8.82. The maximum atomic E-state index is 13.4. The van der Waals surface area contributed by atoms with Crippen LogP contribution in [0.2, 0.25) is 0 Å². The third kappa shape index (κ3) is 4.99. The molecule has 4 aromatic rings. The first-order valence-electron chi connectivity index (χ1n) is 11.8. The predicted octanol–water partition coefficient (Wildman–Crippen LogP) is 1.44. The minimum atomic E-state index is -4.54. The molecule has 2 atom stereocenters. The van der Waals surface area contributed by atoms with Crippen molar-refractivity contribution in [1.82, 2.24) is 44.5 Å². The Balaban J connectivity index is 1.41. The number of amides is 1. The molecule has 1 aliphatic rings. The highest BCUT2D eigenvalue weighted by atomic mass is 19.4. The van der Waals surface area contributed by atoms with E-state index in [1.54, 1.807) is 6.92 Å². The summed E-state index contributed by atoms with van der Waals surface area (Å²) in [6.45, 7) is 4.15. The quantitative estimate of drug-likeness (QED) is 0.314. The summed E-state index contributed by atoms with van der Waals surface area (Å²) in [5.74, 6) is -0.302. The van der Waals surface area contributed by atoms with E-state index < -0.39 is 41.0 Å². The van der Waals surface area contributed by atoms with Crippen LogP contribution >= 0.6 is 0 Å². The first-order valence-corrected chi connectivity index (χ1v) is 11.8. The highest BCUT2D eigenvalue weighted by Gasteiger charge is 2.38. The van der Waals surface area contributed by atoms with Crippen molar-refractivity contribution in [2.24, 2.45) is 0 Å². The first-order chi connectivity index (χ1) is 18.9. The number of allylic oxidation sites excluding steroid dienone is 2. The van der Waals surface area contributed by atoms with Gasteiger partial charge in [0.15, 0.2) is 22.8 Å². The standard InChI is InChI=1S/C23H21F3N10O4/c1-10-14(23(24,25)26)4-13(5-28-10)15-6-27-7-16(31-15)32-20(37)11(2)36-9-29-19-18(36)21(38)35(22(39)33-19)8-17-30-12(3)34-40-17/h4-7,9-11,28H,8H2,1-3H3,(H,33,39)(H,31,32,37)/t10?,11-/m0/s1. The molecule has 4 aromatic heterocycles. The van der Waals surface area contributed by atoms with E-state index in [0.717, 1.165) is 10.6 Å². The van der Waals surface area contributed by atoms with Gasteiger partial charge in [-0.3, -0.25) is 19.6 Å². The minimum Gasteiger partial charge on any atom is -0.384 e. The van der Waals surface area contributed by atoms with Gasteiger partial charge in [-0.15, -0.1) is 0 Å². The second-order valence-electron chi connectivity index (χ2n) is 8.95. The van der Waals surface area contributed by atoms with E-state index in [-0.39, 0.29) is 40.7 Å². The summed E-state index contributed by atoms with van der Waals surface area (Å²) in [7, 11) is 0. The van der Waals surface area contributed by atoms with Crippen LogP contribution in [0.25, 0.3) is 16.7 Å². The number of aromatic amines is 1. The molecule has 0 saturated heterocycles. The largest absolute Gasteiger partial charge is 0.414 e. The van der Waals surface area contributed by atoms with Crippen molar-refractivity contribution in [3.63, 3.8) is 0 Å². The lowest BCUT2D eigenvalue weighted by atomic mass is 10.0. The molecule has 0 fully saturated rings. The zero-order valence-electron chi connectivity index (χ0n) is 21.1. The molecule has 40 heavy (non-hydrogen) atoms. The lowest BCUT2D eigenvalue weighted by Gasteiger charge is -2.24. The van der Waals surface area contributed by atoms with Crippen molar-refractivity contribution >= 4 is 28.5 Å². The van der Waals surface area contributed by atoms with Gasteiger partial charge in [-0.1, -0.05) is 5.16 Å². The maximum absolute atomic E-state index is 13.4. The monoisotopic (exact) mass is 558 g/mol. The van der Waals surface area contributed by atoms with Crippen molar-refractivity contribution in [2.75, 3.05) is 5.32 Å². The fourth-order valence-corrected chi connectivity index (χ4v) is 4.07. The highest BCUT2D eigenvalue weighted by Crippen LogP contribution is 2.33. The Morgan fingerprint density at radius 3 is 2.73 bits per heavy atom. The van der Waals surface area contributed by atoms with Crippen LogP contribution in [0.1, 0.15) is 37.3 Å². The van der Waals surface area contributed by atoms with Gasteiger partial charge in [-0.05, 0) is 26.8 Å². The fraction of sp³-hybridized carbons (Fsp3) is 0.304. The third-order valence-electron chi connectivity index (χ3n) is 6.15. The number of carbonyl (C=O) groups excluding carboxylic acids is 1. The third-order valence-corrected chi connectivity index (χ3v) is 6.15. The zero-order chi connectivity index (χ0) is 28.8. The molecule has 0 bridgehead atoms. The minimum absolute atomic E-state index is 0.0298. The van der Waals surface area contributed by atoms with Crippen LogP contribution in [0, 0.1) is 6.92 Å². The van der Waals surface area contributed by atoms with E-state index >= 15 is 0 Å². The molecule has 1 amide bonds. The average molecular weight is 558 g/mol. The number of rotatable bonds is 6. The van der Waals surface area contributed by atoms with E-state index in [1.165, 1.54) is 43.3 Å². The Kier molecular flexibility index (Phi) is 6.56. The number of nitrogens with zero attached hydrogens (tertiary/aromatic N) is 7. The number of hydrogen-bond donors (Lipinski definition) is 3. The first kappa shape index (κ1) is 26.5. The second kappa shape index (κ2) is 9.90. The summed E-state index contributed by atoms with van der Waals surface area (Å²) < 4.78 is 47.2. The number of dihydropyridines is 1. The van der Waals surface area contributed by atoms with E-state index in [9.17, 15) is 27.6 Å². The molecule has 0 spiro atoms. The zero-order valence-corrected chi connectivity index (χ0v) is 21.1. The Labute approximate surface area is 221 Å². The smallest absolute Gasteiger partial charge is 0.384 e. The second-order valence-corrected chi connectivity index (χ2v) is 8.95. The molecule has 0 aliphatic carbocycles. The maximum Gasteiger partial charge on any atom is 0.414 e. The molecule has 17 heteroatoms. The van der Waals surface area contributed by atoms with Crippen LogP contribution < -0.4 is 21.9 Å². The van der Waals surface area contributed by atoms with Crippen molar-refractivity contribution < 1.29 is 22.5 Å². The van der Waals surface area contributed by atoms with E-state index in [1.807, 2.05) is 0 Å². The number of hydrogen-bond acceptors (Lipinski definition) is 10. The molecule has 0 saturated carbocycles. The summed E-state index contributed by atoms with van der Waals surface area (Å²) in [4.78, 5) is 57.5. The van der Waals surface area contributed by atoms with E-state index in [2.05, 4.69) is 40.7 Å².